The summed E-state index contributed by atoms with van der Waals surface area (Å²) in [6.07, 6.45) is 2.50. The number of amides is 1. The van der Waals surface area contributed by atoms with Crippen molar-refractivity contribution in [2.75, 3.05) is 6.54 Å². The molecule has 1 fully saturated rings. The van der Waals surface area contributed by atoms with E-state index in [4.69, 9.17) is 0 Å². The quantitative estimate of drug-likeness (QED) is 0.684. The molecule has 4 rings (SSSR count). The van der Waals surface area contributed by atoms with Crippen molar-refractivity contribution in [1.82, 2.24) is 14.7 Å². The smallest absolute Gasteiger partial charge is 0.278 e. The lowest BCUT2D eigenvalue weighted by molar-refractivity contribution is 0.0727. The molecule has 1 unspecified atom stereocenters. The van der Waals surface area contributed by atoms with Crippen LogP contribution in [-0.4, -0.2) is 33.2 Å². The van der Waals surface area contributed by atoms with Gasteiger partial charge in [-0.15, -0.1) is 0 Å². The van der Waals surface area contributed by atoms with Crippen molar-refractivity contribution < 1.29 is 9.18 Å². The number of hydrogen-bond donors (Lipinski definition) is 0. The Hall–Kier alpha value is -3.28. The molecule has 29 heavy (non-hydrogen) atoms. The maximum absolute atomic E-state index is 14.3. The van der Waals surface area contributed by atoms with Crippen molar-refractivity contribution in [2.45, 2.75) is 32.2 Å². The molecule has 1 atom stereocenters. The number of rotatable bonds is 4. The van der Waals surface area contributed by atoms with Crippen LogP contribution in [0.4, 0.5) is 4.39 Å². The van der Waals surface area contributed by atoms with Crippen LogP contribution in [0.1, 0.15) is 34.6 Å². The summed E-state index contributed by atoms with van der Waals surface area (Å²) in [5, 5.41) is 4.26. The fraction of sp³-hybridized carbons (Fsp3) is 0.261. The van der Waals surface area contributed by atoms with Gasteiger partial charge in [0.15, 0.2) is 5.69 Å². The molecular weight excluding hydrogens is 369 g/mol. The Bertz CT molecular complexity index is 1090. The lowest BCUT2D eigenvalue weighted by Gasteiger charge is -2.24. The minimum absolute atomic E-state index is 0.0225. The number of likely N-dealkylation sites (tertiary alicyclic amines) is 1. The van der Waals surface area contributed by atoms with Crippen LogP contribution in [0, 0.1) is 12.7 Å². The third-order valence-corrected chi connectivity index (χ3v) is 5.34. The van der Waals surface area contributed by atoms with Crippen LogP contribution in [0.25, 0.3) is 5.69 Å². The first-order valence-corrected chi connectivity index (χ1v) is 9.75. The Morgan fingerprint density at radius 3 is 2.62 bits per heavy atom. The van der Waals surface area contributed by atoms with E-state index in [-0.39, 0.29) is 17.4 Å². The molecule has 2 aromatic carbocycles. The highest BCUT2D eigenvalue weighted by Crippen LogP contribution is 2.23. The van der Waals surface area contributed by atoms with Crippen LogP contribution in [0.2, 0.25) is 0 Å². The van der Waals surface area contributed by atoms with Gasteiger partial charge in [0.2, 0.25) is 5.43 Å². The van der Waals surface area contributed by atoms with Gasteiger partial charge < -0.3 is 4.90 Å². The number of aryl methyl sites for hydroxylation is 1. The Kier molecular flexibility index (Phi) is 5.25. The maximum Gasteiger partial charge on any atom is 0.278 e. The van der Waals surface area contributed by atoms with Crippen molar-refractivity contribution in [2.24, 2.45) is 0 Å². The largest absolute Gasteiger partial charge is 0.334 e. The molecule has 1 aliphatic rings. The molecule has 1 aromatic heterocycles. The summed E-state index contributed by atoms with van der Waals surface area (Å²) >= 11 is 0. The molecule has 1 amide bonds. The number of nitrogens with zero attached hydrogens (tertiary/aromatic N) is 3. The second-order valence-electron chi connectivity index (χ2n) is 7.35. The number of hydrogen-bond acceptors (Lipinski definition) is 3. The van der Waals surface area contributed by atoms with Gasteiger partial charge >= 0.3 is 0 Å². The SMILES string of the molecule is Cc1cc(=O)c(C(=O)N2CCCC2Cc2ccccc2)nn1-c1ccccc1F. The minimum Gasteiger partial charge on any atom is -0.334 e. The molecule has 0 saturated carbocycles. The van der Waals surface area contributed by atoms with Crippen molar-refractivity contribution in [1.29, 1.82) is 0 Å². The molecule has 148 valence electrons. The number of aromatic nitrogens is 2. The summed E-state index contributed by atoms with van der Waals surface area (Å²) < 4.78 is 15.6. The van der Waals surface area contributed by atoms with Crippen LogP contribution < -0.4 is 5.43 Å². The van der Waals surface area contributed by atoms with Crippen LogP contribution >= 0.6 is 0 Å². The zero-order valence-electron chi connectivity index (χ0n) is 16.2. The lowest BCUT2D eigenvalue weighted by Crippen LogP contribution is -2.40. The molecule has 5 nitrogen and oxygen atoms in total. The van der Waals surface area contributed by atoms with E-state index in [0.29, 0.717) is 12.2 Å². The van der Waals surface area contributed by atoms with E-state index >= 15 is 0 Å². The first kappa shape index (κ1) is 19.1. The van der Waals surface area contributed by atoms with Crippen molar-refractivity contribution in [3.63, 3.8) is 0 Å². The van der Waals surface area contributed by atoms with Gasteiger partial charge in [0.05, 0.1) is 0 Å². The third-order valence-electron chi connectivity index (χ3n) is 5.34. The zero-order valence-corrected chi connectivity index (χ0v) is 16.2. The van der Waals surface area contributed by atoms with E-state index in [9.17, 15) is 14.0 Å². The molecule has 2 heterocycles. The number of carbonyl (C=O) groups is 1. The fourth-order valence-electron chi connectivity index (χ4n) is 3.90. The van der Waals surface area contributed by atoms with Gasteiger partial charge in [0.25, 0.3) is 5.91 Å². The average molecular weight is 391 g/mol. The third kappa shape index (κ3) is 3.83. The highest BCUT2D eigenvalue weighted by atomic mass is 19.1. The van der Waals surface area contributed by atoms with Crippen LogP contribution in [0.15, 0.2) is 65.5 Å². The molecule has 0 bridgehead atoms. The topological polar surface area (TPSA) is 55.2 Å². The van der Waals surface area contributed by atoms with E-state index in [1.807, 2.05) is 30.3 Å². The fourth-order valence-corrected chi connectivity index (χ4v) is 3.90. The summed E-state index contributed by atoms with van der Waals surface area (Å²) in [6.45, 7) is 2.26. The van der Waals surface area contributed by atoms with E-state index in [2.05, 4.69) is 5.10 Å². The lowest BCUT2D eigenvalue weighted by atomic mass is 10.0. The summed E-state index contributed by atoms with van der Waals surface area (Å²) in [4.78, 5) is 27.5. The predicted octanol–water partition coefficient (Wildman–Crippen LogP) is 3.53. The van der Waals surface area contributed by atoms with E-state index in [1.165, 1.54) is 16.8 Å². The number of carbonyl (C=O) groups excluding carboxylic acids is 1. The molecule has 0 spiro atoms. The van der Waals surface area contributed by atoms with Crippen molar-refractivity contribution >= 4 is 5.91 Å². The van der Waals surface area contributed by atoms with Gasteiger partial charge in [-0.1, -0.05) is 42.5 Å². The summed E-state index contributed by atoms with van der Waals surface area (Å²) in [6, 6.07) is 17.5. The van der Waals surface area contributed by atoms with Gasteiger partial charge in [-0.05, 0) is 43.9 Å². The molecule has 3 aromatic rings. The highest BCUT2D eigenvalue weighted by Gasteiger charge is 2.32. The van der Waals surface area contributed by atoms with Gasteiger partial charge in [-0.3, -0.25) is 9.59 Å². The normalized spacial score (nSPS) is 16.2. The second-order valence-corrected chi connectivity index (χ2v) is 7.35. The Morgan fingerprint density at radius 2 is 1.86 bits per heavy atom. The van der Waals surface area contributed by atoms with E-state index < -0.39 is 17.2 Å². The van der Waals surface area contributed by atoms with Crippen molar-refractivity contribution in [3.8, 4) is 5.69 Å². The molecular formula is C23H22FN3O2. The average Bonchev–Trinajstić information content (AvgIpc) is 3.17. The maximum atomic E-state index is 14.3. The zero-order chi connectivity index (χ0) is 20.4. The molecule has 0 radical (unpaired) electrons. The highest BCUT2D eigenvalue weighted by molar-refractivity contribution is 5.92. The van der Waals surface area contributed by atoms with Crippen LogP contribution in [0.3, 0.4) is 0 Å². The molecule has 0 N–H and O–H groups in total. The van der Waals surface area contributed by atoms with E-state index in [0.717, 1.165) is 24.8 Å². The summed E-state index contributed by atoms with van der Waals surface area (Å²) in [7, 11) is 0. The van der Waals surface area contributed by atoms with Gasteiger partial charge in [0.1, 0.15) is 11.5 Å². The monoisotopic (exact) mass is 391 g/mol. The number of halogens is 1. The first-order valence-electron chi connectivity index (χ1n) is 9.75. The first-order chi connectivity index (χ1) is 14.0. The number of para-hydroxylation sites is 1. The molecule has 1 aliphatic heterocycles. The van der Waals surface area contributed by atoms with Crippen LogP contribution in [0.5, 0.6) is 0 Å². The van der Waals surface area contributed by atoms with Gasteiger partial charge in [-0.25, -0.2) is 9.07 Å². The Balaban J connectivity index is 1.67. The molecule has 6 heteroatoms. The summed E-state index contributed by atoms with van der Waals surface area (Å²) in [5.74, 6) is -0.855. The number of benzene rings is 2. The van der Waals surface area contributed by atoms with Gasteiger partial charge in [0, 0.05) is 24.3 Å². The Morgan fingerprint density at radius 1 is 1.14 bits per heavy atom. The molecule has 1 saturated heterocycles. The second kappa shape index (κ2) is 7.99. The molecule has 0 aliphatic carbocycles. The van der Waals surface area contributed by atoms with Crippen LogP contribution in [-0.2, 0) is 6.42 Å². The summed E-state index contributed by atoms with van der Waals surface area (Å²) in [5.41, 5.74) is 1.22. The Labute approximate surface area is 168 Å². The van der Waals surface area contributed by atoms with Gasteiger partial charge in [-0.2, -0.15) is 5.10 Å². The minimum atomic E-state index is -0.465. The predicted molar refractivity (Wildman–Crippen MR) is 109 cm³/mol. The standard InChI is InChI=1S/C23H22FN3O2/c1-16-14-21(28)22(25-27(16)20-12-6-5-11-19(20)24)23(29)26-13-7-10-18(26)15-17-8-3-2-4-9-17/h2-6,8-9,11-12,14,18H,7,10,13,15H2,1H3. The van der Waals surface area contributed by atoms with E-state index in [1.54, 1.807) is 30.0 Å². The van der Waals surface area contributed by atoms with Crippen molar-refractivity contribution in [3.05, 3.63) is 93.7 Å².